The summed E-state index contributed by atoms with van der Waals surface area (Å²) in [5, 5.41) is 2.79. The van der Waals surface area contributed by atoms with Gasteiger partial charge in [-0.25, -0.2) is 14.6 Å². The number of nitrogen functional groups attached to an aromatic ring is 1. The van der Waals surface area contributed by atoms with Gasteiger partial charge in [0, 0.05) is 23.9 Å². The van der Waals surface area contributed by atoms with Crippen LogP contribution in [0.15, 0.2) is 42.6 Å². The molecule has 10 nitrogen and oxygen atoms in total. The van der Waals surface area contributed by atoms with E-state index in [4.69, 9.17) is 11.6 Å². The van der Waals surface area contributed by atoms with Gasteiger partial charge in [-0.15, -0.1) is 0 Å². The van der Waals surface area contributed by atoms with E-state index in [0.717, 1.165) is 24.8 Å². The predicted molar refractivity (Wildman–Crippen MR) is 140 cm³/mol. The van der Waals surface area contributed by atoms with Gasteiger partial charge in [0.1, 0.15) is 11.5 Å². The van der Waals surface area contributed by atoms with Gasteiger partial charge in [0.25, 0.3) is 17.7 Å². The number of pyridine rings is 1. The molecule has 5 N–H and O–H groups in total. The van der Waals surface area contributed by atoms with Crippen molar-refractivity contribution in [3.05, 3.63) is 65.2 Å². The van der Waals surface area contributed by atoms with E-state index in [9.17, 15) is 14.4 Å². The lowest BCUT2D eigenvalue weighted by Gasteiger charge is -2.33. The average molecular weight is 500 g/mol. The smallest absolute Gasteiger partial charge is 0.299 e. The lowest BCUT2D eigenvalue weighted by Crippen LogP contribution is -2.40. The summed E-state index contributed by atoms with van der Waals surface area (Å²) in [6.07, 6.45) is 4.84. The molecule has 0 unspecified atom stereocenters. The van der Waals surface area contributed by atoms with Gasteiger partial charge in [-0.3, -0.25) is 14.4 Å². The van der Waals surface area contributed by atoms with Crippen molar-refractivity contribution in [2.45, 2.75) is 45.6 Å². The van der Waals surface area contributed by atoms with Crippen LogP contribution in [0.3, 0.4) is 0 Å². The minimum atomic E-state index is -0.748. The third-order valence-electron chi connectivity index (χ3n) is 6.36. The normalized spacial score (nSPS) is 15.0. The van der Waals surface area contributed by atoms with E-state index >= 15 is 0 Å². The van der Waals surface area contributed by atoms with Gasteiger partial charge < -0.3 is 21.8 Å². The fourth-order valence-corrected chi connectivity index (χ4v) is 4.47. The number of aryl methyl sites for hydroxylation is 1. The number of imidazole rings is 1. The molecule has 1 aromatic carbocycles. The third-order valence-corrected chi connectivity index (χ3v) is 6.36. The molecule has 1 aliphatic rings. The second-order valence-electron chi connectivity index (χ2n) is 8.72. The number of aromatic nitrogens is 3. The molecule has 190 valence electrons. The fourth-order valence-electron chi connectivity index (χ4n) is 4.47. The Morgan fingerprint density at radius 1 is 1.16 bits per heavy atom. The first kappa shape index (κ1) is 25.4. The van der Waals surface area contributed by atoms with Crippen molar-refractivity contribution in [1.29, 1.82) is 0 Å². The van der Waals surface area contributed by atoms with Crippen molar-refractivity contribution in [3.8, 4) is 23.1 Å². The zero-order valence-corrected chi connectivity index (χ0v) is 20.8. The van der Waals surface area contributed by atoms with E-state index in [0.29, 0.717) is 35.7 Å². The molecule has 3 aromatic rings. The Kier molecular flexibility index (Phi) is 7.53. The molecule has 2 aromatic heterocycles. The summed E-state index contributed by atoms with van der Waals surface area (Å²) >= 11 is 0. The molecule has 1 atom stereocenters. The molecule has 1 aliphatic heterocycles. The first-order chi connectivity index (χ1) is 17.8. The Morgan fingerprint density at radius 2 is 1.92 bits per heavy atom. The van der Waals surface area contributed by atoms with Crippen LogP contribution in [0.5, 0.6) is 0 Å². The number of carbonyl (C=O) groups is 3. The van der Waals surface area contributed by atoms with Gasteiger partial charge in [0.15, 0.2) is 11.5 Å². The molecule has 1 fully saturated rings. The van der Waals surface area contributed by atoms with Crippen molar-refractivity contribution in [1.82, 2.24) is 19.5 Å². The van der Waals surface area contributed by atoms with Gasteiger partial charge in [-0.05, 0) is 68.4 Å². The van der Waals surface area contributed by atoms with Gasteiger partial charge in [-0.2, -0.15) is 0 Å². The Hall–Kier alpha value is -4.65. The number of carbonyl (C=O) groups excluding carboxylic acids is 3. The van der Waals surface area contributed by atoms with E-state index in [-0.39, 0.29) is 23.2 Å². The van der Waals surface area contributed by atoms with Crippen LogP contribution < -0.4 is 16.9 Å². The SMILES string of the molecule is CC#CC(=O)N1CCCC[C@H]1c1nc(-c2ccc(C(=O)Nc3cc(CC)ccn3)cc2)c(C(N)=O)n1N. The highest BCUT2D eigenvalue weighted by Crippen LogP contribution is 2.33. The summed E-state index contributed by atoms with van der Waals surface area (Å²) in [5.74, 6) is 11.0. The van der Waals surface area contributed by atoms with Crippen LogP contribution in [-0.4, -0.2) is 43.8 Å². The minimum Gasteiger partial charge on any atom is -0.364 e. The monoisotopic (exact) mass is 499 g/mol. The van der Waals surface area contributed by atoms with Gasteiger partial charge in [-0.1, -0.05) is 25.0 Å². The fraction of sp³-hybridized carbons (Fsp3) is 0.296. The Labute approximate surface area is 215 Å². The van der Waals surface area contributed by atoms with Crippen molar-refractivity contribution >= 4 is 23.5 Å². The van der Waals surface area contributed by atoms with E-state index < -0.39 is 11.9 Å². The molecule has 3 amide bonds. The molecular weight excluding hydrogens is 470 g/mol. The number of amides is 3. The highest BCUT2D eigenvalue weighted by molar-refractivity contribution is 6.04. The van der Waals surface area contributed by atoms with Crippen LogP contribution >= 0.6 is 0 Å². The standard InChI is InChI=1S/C27H29N7O3/c1-3-7-22(35)33-15-6-5-8-20(33)26-32-23(24(25(28)36)34(26)29)18-9-11-19(12-10-18)27(37)31-21-16-17(4-2)13-14-30-21/h9-14,16,20H,4-6,8,15,29H2,1-2H3,(H2,28,36)(H,30,31,37)/t20-/m0/s1. The van der Waals surface area contributed by atoms with Gasteiger partial charge >= 0.3 is 0 Å². The van der Waals surface area contributed by atoms with E-state index in [1.54, 1.807) is 42.3 Å². The first-order valence-electron chi connectivity index (χ1n) is 12.1. The summed E-state index contributed by atoms with van der Waals surface area (Å²) < 4.78 is 1.17. The molecule has 3 heterocycles. The first-order valence-corrected chi connectivity index (χ1v) is 12.1. The number of nitrogens with one attached hydrogen (secondary N) is 1. The zero-order valence-electron chi connectivity index (χ0n) is 20.8. The average Bonchev–Trinajstić information content (AvgIpc) is 3.26. The largest absolute Gasteiger partial charge is 0.364 e. The summed E-state index contributed by atoms with van der Waals surface area (Å²) in [5.41, 5.74) is 8.01. The van der Waals surface area contributed by atoms with E-state index in [1.807, 2.05) is 19.1 Å². The molecule has 0 radical (unpaired) electrons. The lowest BCUT2D eigenvalue weighted by molar-refractivity contribution is -0.129. The highest BCUT2D eigenvalue weighted by Gasteiger charge is 2.33. The Morgan fingerprint density at radius 3 is 2.59 bits per heavy atom. The number of nitrogens with two attached hydrogens (primary N) is 2. The Bertz CT molecular complexity index is 1400. The van der Waals surface area contributed by atoms with Crippen molar-refractivity contribution < 1.29 is 14.4 Å². The van der Waals surface area contributed by atoms with Crippen molar-refractivity contribution in [2.75, 3.05) is 17.7 Å². The number of anilines is 1. The summed E-state index contributed by atoms with van der Waals surface area (Å²) in [6.45, 7) is 4.15. The van der Waals surface area contributed by atoms with E-state index in [2.05, 4.69) is 27.1 Å². The van der Waals surface area contributed by atoms with Crippen LogP contribution in [0.4, 0.5) is 5.82 Å². The summed E-state index contributed by atoms with van der Waals surface area (Å²) in [4.78, 5) is 48.2. The lowest BCUT2D eigenvalue weighted by atomic mass is 10.0. The maximum Gasteiger partial charge on any atom is 0.299 e. The summed E-state index contributed by atoms with van der Waals surface area (Å²) in [7, 11) is 0. The summed E-state index contributed by atoms with van der Waals surface area (Å²) in [6, 6.07) is 9.89. The van der Waals surface area contributed by atoms with Crippen LogP contribution in [0, 0.1) is 11.8 Å². The molecule has 0 aliphatic carbocycles. The molecular formula is C27H29N7O3. The second-order valence-corrected chi connectivity index (χ2v) is 8.72. The number of piperidine rings is 1. The maximum atomic E-state index is 12.7. The number of hydrogen-bond acceptors (Lipinski definition) is 6. The number of rotatable bonds is 6. The van der Waals surface area contributed by atoms with Crippen molar-refractivity contribution in [3.63, 3.8) is 0 Å². The molecule has 10 heteroatoms. The topological polar surface area (TPSA) is 149 Å². The molecule has 4 rings (SSSR count). The molecule has 0 saturated carbocycles. The molecule has 37 heavy (non-hydrogen) atoms. The van der Waals surface area contributed by atoms with Gasteiger partial charge in [0.2, 0.25) is 0 Å². The number of benzene rings is 1. The number of nitrogens with zero attached hydrogens (tertiary/aromatic N) is 4. The molecule has 1 saturated heterocycles. The highest BCUT2D eigenvalue weighted by atomic mass is 16.2. The molecule has 0 spiro atoms. The van der Waals surface area contributed by atoms with E-state index in [1.165, 1.54) is 4.68 Å². The quantitative estimate of drug-likeness (QED) is 0.351. The number of hydrogen-bond donors (Lipinski definition) is 3. The predicted octanol–water partition coefficient (Wildman–Crippen LogP) is 2.65. The van der Waals surface area contributed by atoms with Crippen LogP contribution in [-0.2, 0) is 11.2 Å². The minimum absolute atomic E-state index is 0.0207. The maximum absolute atomic E-state index is 12.7. The van der Waals surface area contributed by atoms with Gasteiger partial charge in [0.05, 0.1) is 6.04 Å². The third kappa shape index (κ3) is 5.30. The molecule has 0 bridgehead atoms. The number of likely N-dealkylation sites (tertiary alicyclic amines) is 1. The number of primary amides is 1. The second kappa shape index (κ2) is 11.0. The Balaban J connectivity index is 1.64. The van der Waals surface area contributed by atoms with Crippen LogP contribution in [0.25, 0.3) is 11.3 Å². The van der Waals surface area contributed by atoms with Crippen LogP contribution in [0.1, 0.15) is 71.4 Å². The van der Waals surface area contributed by atoms with Crippen molar-refractivity contribution in [2.24, 2.45) is 5.73 Å². The van der Waals surface area contributed by atoms with Crippen LogP contribution in [0.2, 0.25) is 0 Å². The zero-order chi connectivity index (χ0) is 26.5.